The Bertz CT molecular complexity index is 210. The molecule has 12 heavy (non-hydrogen) atoms. The van der Waals surface area contributed by atoms with Gasteiger partial charge in [-0.15, -0.1) is 0 Å². The summed E-state index contributed by atoms with van der Waals surface area (Å²) in [6, 6.07) is 10.2. The van der Waals surface area contributed by atoms with Crippen molar-refractivity contribution in [3.8, 4) is 0 Å². The Morgan fingerprint density at radius 3 is 2.50 bits per heavy atom. The Hall–Kier alpha value is -0.470. The van der Waals surface area contributed by atoms with Gasteiger partial charge < -0.3 is 4.74 Å². The second-order valence-electron chi connectivity index (χ2n) is 2.54. The van der Waals surface area contributed by atoms with E-state index in [4.69, 9.17) is 4.74 Å². The third kappa shape index (κ3) is 2.54. The quantitative estimate of drug-likeness (QED) is 0.704. The topological polar surface area (TPSA) is 9.23 Å². The van der Waals surface area contributed by atoms with E-state index in [-0.39, 0.29) is 6.10 Å². The minimum absolute atomic E-state index is 0.138. The van der Waals surface area contributed by atoms with Gasteiger partial charge in [0.05, 0.1) is 6.10 Å². The zero-order valence-corrected chi connectivity index (χ0v) is 8.13. The van der Waals surface area contributed by atoms with Crippen LogP contribution in [0.15, 0.2) is 30.3 Å². The number of hydrogen-bond donors (Lipinski definition) is 1. The molecule has 0 bridgehead atoms. The van der Waals surface area contributed by atoms with Crippen LogP contribution in [0, 0.1) is 0 Å². The molecule has 0 aromatic heterocycles. The van der Waals surface area contributed by atoms with Crippen LogP contribution in [0.25, 0.3) is 0 Å². The molecular weight excluding hydrogens is 168 g/mol. The number of rotatable bonds is 4. The van der Waals surface area contributed by atoms with Crippen LogP contribution in [0.5, 0.6) is 0 Å². The highest BCUT2D eigenvalue weighted by Gasteiger charge is 2.07. The van der Waals surface area contributed by atoms with Gasteiger partial charge in [-0.2, -0.15) is 12.6 Å². The van der Waals surface area contributed by atoms with Crippen LogP contribution in [-0.2, 0) is 4.74 Å². The molecule has 0 aliphatic rings. The summed E-state index contributed by atoms with van der Waals surface area (Å²) in [6.07, 6.45) is 0.138. The predicted molar refractivity (Wildman–Crippen MR) is 54.7 cm³/mol. The molecule has 0 heterocycles. The number of thiol groups is 1. The molecule has 0 fully saturated rings. The van der Waals surface area contributed by atoms with Crippen LogP contribution in [-0.4, -0.2) is 12.4 Å². The fraction of sp³-hybridized carbons (Fsp3) is 0.400. The summed E-state index contributed by atoms with van der Waals surface area (Å²) < 4.78 is 5.50. The van der Waals surface area contributed by atoms with Crippen LogP contribution in [0.3, 0.4) is 0 Å². The second-order valence-corrected chi connectivity index (χ2v) is 2.90. The van der Waals surface area contributed by atoms with Gasteiger partial charge in [0.2, 0.25) is 0 Å². The Labute approximate surface area is 79.2 Å². The lowest BCUT2D eigenvalue weighted by Gasteiger charge is -2.14. The van der Waals surface area contributed by atoms with E-state index in [1.165, 1.54) is 5.56 Å². The van der Waals surface area contributed by atoms with Crippen molar-refractivity contribution >= 4 is 12.6 Å². The molecular formula is C10H14OS. The molecule has 2 heteroatoms. The minimum Gasteiger partial charge on any atom is -0.373 e. The van der Waals surface area contributed by atoms with E-state index >= 15 is 0 Å². The first-order valence-electron chi connectivity index (χ1n) is 4.16. The highest BCUT2D eigenvalue weighted by molar-refractivity contribution is 7.80. The fourth-order valence-corrected chi connectivity index (χ4v) is 1.44. The molecule has 0 aliphatic heterocycles. The van der Waals surface area contributed by atoms with Gasteiger partial charge in [-0.05, 0) is 12.5 Å². The molecule has 66 valence electrons. The van der Waals surface area contributed by atoms with E-state index in [0.717, 1.165) is 12.4 Å². The maximum absolute atomic E-state index is 5.50. The fourth-order valence-electron chi connectivity index (χ4n) is 1.12. The Morgan fingerprint density at radius 2 is 2.00 bits per heavy atom. The first-order chi connectivity index (χ1) is 5.88. The van der Waals surface area contributed by atoms with Crippen molar-refractivity contribution in [1.29, 1.82) is 0 Å². The molecule has 0 aliphatic carbocycles. The lowest BCUT2D eigenvalue weighted by Crippen LogP contribution is -2.05. The molecule has 1 aromatic rings. The average molecular weight is 182 g/mol. The first kappa shape index (κ1) is 9.62. The van der Waals surface area contributed by atoms with Crippen LogP contribution < -0.4 is 0 Å². The van der Waals surface area contributed by atoms with Gasteiger partial charge in [0.15, 0.2) is 0 Å². The predicted octanol–water partition coefficient (Wildman–Crippen LogP) is 2.69. The van der Waals surface area contributed by atoms with E-state index < -0.39 is 0 Å². The summed E-state index contributed by atoms with van der Waals surface area (Å²) in [5, 5.41) is 0. The smallest absolute Gasteiger partial charge is 0.0912 e. The molecule has 0 saturated heterocycles. The largest absolute Gasteiger partial charge is 0.373 e. The van der Waals surface area contributed by atoms with Gasteiger partial charge in [-0.3, -0.25) is 0 Å². The number of hydrogen-bond acceptors (Lipinski definition) is 2. The highest BCUT2D eigenvalue weighted by Crippen LogP contribution is 2.17. The molecule has 1 nitrogen and oxygen atoms in total. The van der Waals surface area contributed by atoms with Gasteiger partial charge in [0.1, 0.15) is 0 Å². The number of ether oxygens (including phenoxy) is 1. The molecule has 1 unspecified atom stereocenters. The summed E-state index contributed by atoms with van der Waals surface area (Å²) in [7, 11) is 0. The molecule has 0 radical (unpaired) electrons. The number of benzene rings is 1. The summed E-state index contributed by atoms with van der Waals surface area (Å²) in [5.74, 6) is 0.734. The molecule has 1 aromatic carbocycles. The lowest BCUT2D eigenvalue weighted by molar-refractivity contribution is 0.0801. The van der Waals surface area contributed by atoms with Gasteiger partial charge in [-0.25, -0.2) is 0 Å². The Morgan fingerprint density at radius 1 is 1.33 bits per heavy atom. The lowest BCUT2D eigenvalue weighted by atomic mass is 10.1. The monoisotopic (exact) mass is 182 g/mol. The minimum atomic E-state index is 0.138. The van der Waals surface area contributed by atoms with Crippen molar-refractivity contribution in [2.75, 3.05) is 12.4 Å². The van der Waals surface area contributed by atoms with Crippen molar-refractivity contribution < 1.29 is 4.74 Å². The summed E-state index contributed by atoms with van der Waals surface area (Å²) >= 11 is 4.24. The zero-order valence-electron chi connectivity index (χ0n) is 7.23. The third-order valence-electron chi connectivity index (χ3n) is 1.71. The van der Waals surface area contributed by atoms with Crippen molar-refractivity contribution in [2.45, 2.75) is 13.0 Å². The van der Waals surface area contributed by atoms with E-state index in [1.54, 1.807) is 0 Å². The van der Waals surface area contributed by atoms with Gasteiger partial charge >= 0.3 is 0 Å². The second kappa shape index (κ2) is 5.22. The Balaban J connectivity index is 2.66. The van der Waals surface area contributed by atoms with Gasteiger partial charge in [-0.1, -0.05) is 30.3 Å². The Kier molecular flexibility index (Phi) is 4.19. The highest BCUT2D eigenvalue weighted by atomic mass is 32.1. The van der Waals surface area contributed by atoms with E-state index in [0.29, 0.717) is 0 Å². The van der Waals surface area contributed by atoms with Crippen molar-refractivity contribution in [3.05, 3.63) is 35.9 Å². The van der Waals surface area contributed by atoms with Crippen LogP contribution in [0.1, 0.15) is 18.6 Å². The summed E-state index contributed by atoms with van der Waals surface area (Å²) in [6.45, 7) is 2.74. The SMILES string of the molecule is CCOC(CS)c1ccccc1. The average Bonchev–Trinajstić information content (AvgIpc) is 2.15. The molecule has 0 saturated carbocycles. The van der Waals surface area contributed by atoms with Crippen molar-refractivity contribution in [1.82, 2.24) is 0 Å². The van der Waals surface area contributed by atoms with Crippen molar-refractivity contribution in [3.63, 3.8) is 0 Å². The van der Waals surface area contributed by atoms with Gasteiger partial charge in [0.25, 0.3) is 0 Å². The molecule has 1 atom stereocenters. The van der Waals surface area contributed by atoms with Crippen LogP contribution in [0.2, 0.25) is 0 Å². The van der Waals surface area contributed by atoms with Crippen LogP contribution >= 0.6 is 12.6 Å². The maximum Gasteiger partial charge on any atom is 0.0912 e. The van der Waals surface area contributed by atoms with E-state index in [1.807, 2.05) is 25.1 Å². The molecule has 1 rings (SSSR count). The summed E-state index contributed by atoms with van der Waals surface area (Å²) in [4.78, 5) is 0. The third-order valence-corrected chi connectivity index (χ3v) is 2.04. The van der Waals surface area contributed by atoms with Crippen LogP contribution in [0.4, 0.5) is 0 Å². The maximum atomic E-state index is 5.50. The van der Waals surface area contributed by atoms with Gasteiger partial charge in [0, 0.05) is 12.4 Å². The zero-order chi connectivity index (χ0) is 8.81. The normalized spacial score (nSPS) is 12.8. The standard InChI is InChI=1S/C10H14OS/c1-2-11-10(8-12)9-6-4-3-5-7-9/h3-7,10,12H,2,8H2,1H3. The van der Waals surface area contributed by atoms with E-state index in [2.05, 4.69) is 24.8 Å². The summed E-state index contributed by atoms with van der Waals surface area (Å²) in [5.41, 5.74) is 1.20. The first-order valence-corrected chi connectivity index (χ1v) is 4.79. The van der Waals surface area contributed by atoms with Crippen molar-refractivity contribution in [2.24, 2.45) is 0 Å². The molecule has 0 N–H and O–H groups in total. The molecule has 0 spiro atoms. The van der Waals surface area contributed by atoms with E-state index in [9.17, 15) is 0 Å². The molecule has 0 amide bonds.